The van der Waals surface area contributed by atoms with E-state index in [4.69, 9.17) is 9.47 Å². The summed E-state index contributed by atoms with van der Waals surface area (Å²) < 4.78 is 65.1. The van der Waals surface area contributed by atoms with Gasteiger partial charge in [0.15, 0.2) is 0 Å². The van der Waals surface area contributed by atoms with Crippen molar-refractivity contribution in [3.05, 3.63) is 17.8 Å². The van der Waals surface area contributed by atoms with Gasteiger partial charge in [-0.05, 0) is 37.8 Å². The summed E-state index contributed by atoms with van der Waals surface area (Å²) in [6.45, 7) is 2.79. The van der Waals surface area contributed by atoms with Crippen LogP contribution in [0, 0.1) is 6.92 Å². The monoisotopic (exact) mass is 431 g/mol. The predicted octanol–water partition coefficient (Wildman–Crippen LogP) is 2.10. The summed E-state index contributed by atoms with van der Waals surface area (Å²) >= 11 is 0. The number of halogens is 2. The first kappa shape index (κ1) is 20.9. The number of hydrogen-bond acceptors (Lipinski definition) is 6. The molecule has 29 heavy (non-hydrogen) atoms. The van der Waals surface area contributed by atoms with Crippen molar-refractivity contribution >= 4 is 10.0 Å². The minimum Gasteiger partial charge on any atom is -0.480 e. The smallest absolute Gasteiger partial charge is 0.248 e. The van der Waals surface area contributed by atoms with Crippen LogP contribution in [0.1, 0.15) is 37.7 Å². The van der Waals surface area contributed by atoms with Gasteiger partial charge < -0.3 is 14.8 Å². The Morgan fingerprint density at radius 2 is 1.97 bits per heavy atom. The van der Waals surface area contributed by atoms with E-state index in [-0.39, 0.29) is 48.8 Å². The average Bonchev–Trinajstić information content (AvgIpc) is 3.07. The van der Waals surface area contributed by atoms with Crippen molar-refractivity contribution in [2.75, 3.05) is 26.8 Å². The fraction of sp³-hybridized carbons (Fsp3) is 0.737. The number of hydrogen-bond donors (Lipinski definition) is 1. The van der Waals surface area contributed by atoms with E-state index in [1.165, 1.54) is 11.4 Å². The van der Waals surface area contributed by atoms with Crippen molar-refractivity contribution in [2.24, 2.45) is 0 Å². The largest absolute Gasteiger partial charge is 0.480 e. The maximum atomic E-state index is 13.3. The van der Waals surface area contributed by atoms with Crippen LogP contribution in [0.3, 0.4) is 0 Å². The molecule has 1 saturated carbocycles. The van der Waals surface area contributed by atoms with E-state index < -0.39 is 21.5 Å². The highest BCUT2D eigenvalue weighted by Gasteiger charge is 2.54. The second kappa shape index (κ2) is 7.40. The molecule has 0 bridgehead atoms. The second-order valence-corrected chi connectivity index (χ2v) is 10.4. The fourth-order valence-electron chi connectivity index (χ4n) is 4.49. The molecule has 2 aliphatic heterocycles. The van der Waals surface area contributed by atoms with Crippen LogP contribution in [-0.4, -0.2) is 68.1 Å². The summed E-state index contributed by atoms with van der Waals surface area (Å²) in [4.78, 5) is 4.12. The lowest BCUT2D eigenvalue weighted by atomic mass is 9.89. The molecule has 1 atom stereocenters. The van der Waals surface area contributed by atoms with Gasteiger partial charge >= 0.3 is 0 Å². The first-order valence-electron chi connectivity index (χ1n) is 9.91. The van der Waals surface area contributed by atoms with Crippen molar-refractivity contribution in [1.29, 1.82) is 0 Å². The van der Waals surface area contributed by atoms with E-state index >= 15 is 0 Å². The molecule has 4 rings (SSSR count). The molecule has 162 valence electrons. The third kappa shape index (κ3) is 4.12. The Morgan fingerprint density at radius 3 is 2.62 bits per heavy atom. The first-order valence-corrected chi connectivity index (χ1v) is 11.4. The molecule has 1 aromatic heterocycles. The standard InChI is InChI=1S/C19H27F2N3O4S/c1-13-7-16(17(27-2)22-9-13)29(25,26)24-11-18(12-24)8-15(10-28-18)23-14-3-5-19(20,21)6-4-14/h7,9,14-15,23H,3-6,8,10-12H2,1-2H3. The number of nitrogens with one attached hydrogen (secondary N) is 1. The Balaban J connectivity index is 1.36. The third-order valence-corrected chi connectivity index (χ3v) is 7.88. The van der Waals surface area contributed by atoms with Gasteiger partial charge in [-0.2, -0.15) is 4.31 Å². The maximum Gasteiger partial charge on any atom is 0.248 e. The average molecular weight is 432 g/mol. The number of pyridine rings is 1. The Hall–Kier alpha value is -1.36. The molecule has 1 N–H and O–H groups in total. The van der Waals surface area contributed by atoms with Gasteiger partial charge in [0.05, 0.1) is 19.3 Å². The number of aromatic nitrogens is 1. The van der Waals surface area contributed by atoms with Gasteiger partial charge in [0.1, 0.15) is 4.90 Å². The number of nitrogens with zero attached hydrogens (tertiary/aromatic N) is 2. The summed E-state index contributed by atoms with van der Waals surface area (Å²) in [6, 6.07) is 1.69. The van der Waals surface area contributed by atoms with Crippen LogP contribution in [0.5, 0.6) is 5.88 Å². The molecule has 3 fully saturated rings. The molecule has 1 aliphatic carbocycles. The molecule has 10 heteroatoms. The minimum absolute atomic E-state index is 0.0608. The zero-order valence-electron chi connectivity index (χ0n) is 16.7. The van der Waals surface area contributed by atoms with E-state index in [1.807, 2.05) is 0 Å². The molecule has 0 radical (unpaired) electrons. The summed E-state index contributed by atoms with van der Waals surface area (Å²) in [6.07, 6.45) is 2.99. The van der Waals surface area contributed by atoms with Crippen LogP contribution in [0.25, 0.3) is 0 Å². The molecule has 7 nitrogen and oxygen atoms in total. The number of sulfonamides is 1. The Kier molecular flexibility index (Phi) is 5.33. The number of methoxy groups -OCH3 is 1. The van der Waals surface area contributed by atoms with Crippen LogP contribution in [0.4, 0.5) is 8.78 Å². The number of aryl methyl sites for hydroxylation is 1. The van der Waals surface area contributed by atoms with Gasteiger partial charge in [0, 0.05) is 44.2 Å². The van der Waals surface area contributed by atoms with Gasteiger partial charge in [0.25, 0.3) is 0 Å². The van der Waals surface area contributed by atoms with Crippen molar-refractivity contribution < 1.29 is 26.7 Å². The SMILES string of the molecule is COc1ncc(C)cc1S(=O)(=O)N1CC2(CC(NC3CCC(F)(F)CC3)CO2)C1. The van der Waals surface area contributed by atoms with Gasteiger partial charge in [-0.15, -0.1) is 0 Å². The zero-order valence-corrected chi connectivity index (χ0v) is 17.5. The topological polar surface area (TPSA) is 80.8 Å². The fourth-order valence-corrected chi connectivity index (χ4v) is 6.27. The molecule has 2 saturated heterocycles. The van der Waals surface area contributed by atoms with Crippen molar-refractivity contribution in [2.45, 2.75) is 67.5 Å². The molecule has 1 aromatic rings. The number of rotatable bonds is 5. The molecule has 0 amide bonds. The predicted molar refractivity (Wildman–Crippen MR) is 102 cm³/mol. The Bertz CT molecular complexity index is 864. The van der Waals surface area contributed by atoms with E-state index in [9.17, 15) is 17.2 Å². The van der Waals surface area contributed by atoms with Gasteiger partial charge in [-0.3, -0.25) is 0 Å². The maximum absolute atomic E-state index is 13.3. The third-order valence-electron chi connectivity index (χ3n) is 6.09. The molecule has 1 unspecified atom stereocenters. The van der Waals surface area contributed by atoms with E-state index in [0.717, 1.165) is 5.56 Å². The molecule has 3 heterocycles. The van der Waals surface area contributed by atoms with Crippen molar-refractivity contribution in [3.8, 4) is 5.88 Å². The van der Waals surface area contributed by atoms with E-state index in [1.54, 1.807) is 19.2 Å². The van der Waals surface area contributed by atoms with Crippen LogP contribution in [0.2, 0.25) is 0 Å². The zero-order chi connectivity index (χ0) is 20.9. The molecule has 0 aromatic carbocycles. The lowest BCUT2D eigenvalue weighted by Gasteiger charge is -2.46. The van der Waals surface area contributed by atoms with Crippen LogP contribution < -0.4 is 10.1 Å². The normalized spacial score (nSPS) is 27.1. The van der Waals surface area contributed by atoms with Gasteiger partial charge in [-0.1, -0.05) is 0 Å². The van der Waals surface area contributed by atoms with E-state index in [2.05, 4.69) is 10.3 Å². The Morgan fingerprint density at radius 1 is 1.28 bits per heavy atom. The summed E-state index contributed by atoms with van der Waals surface area (Å²) in [7, 11) is -2.33. The minimum atomic E-state index is -3.73. The van der Waals surface area contributed by atoms with Crippen LogP contribution in [-0.2, 0) is 14.8 Å². The van der Waals surface area contributed by atoms with Crippen molar-refractivity contribution in [3.63, 3.8) is 0 Å². The number of ether oxygens (including phenoxy) is 2. The summed E-state index contributed by atoms with van der Waals surface area (Å²) in [5, 5.41) is 3.43. The lowest BCUT2D eigenvalue weighted by molar-refractivity contribution is -0.0773. The molecule has 1 spiro atoms. The number of alkyl halides is 2. The highest BCUT2D eigenvalue weighted by atomic mass is 32.2. The second-order valence-electron chi connectivity index (χ2n) is 8.49. The highest BCUT2D eigenvalue weighted by molar-refractivity contribution is 7.89. The van der Waals surface area contributed by atoms with Crippen LogP contribution >= 0.6 is 0 Å². The van der Waals surface area contributed by atoms with Crippen molar-refractivity contribution in [1.82, 2.24) is 14.6 Å². The summed E-state index contributed by atoms with van der Waals surface area (Å²) in [5.41, 5.74) is 0.229. The molecular formula is C19H27F2N3O4S. The van der Waals surface area contributed by atoms with Gasteiger partial charge in [-0.25, -0.2) is 22.2 Å². The van der Waals surface area contributed by atoms with E-state index in [0.29, 0.717) is 25.9 Å². The lowest BCUT2D eigenvalue weighted by Crippen LogP contribution is -2.63. The molecule has 3 aliphatic rings. The summed E-state index contributed by atoms with van der Waals surface area (Å²) in [5.74, 6) is -2.46. The first-order chi connectivity index (χ1) is 13.6. The highest BCUT2D eigenvalue weighted by Crippen LogP contribution is 2.40. The van der Waals surface area contributed by atoms with Crippen LogP contribution in [0.15, 0.2) is 17.2 Å². The quantitative estimate of drug-likeness (QED) is 0.769. The molecular weight excluding hydrogens is 404 g/mol. The Labute approximate surface area is 169 Å². The van der Waals surface area contributed by atoms with Gasteiger partial charge in [0.2, 0.25) is 21.8 Å².